The van der Waals surface area contributed by atoms with Crippen molar-refractivity contribution in [2.75, 3.05) is 11.9 Å². The SMILES string of the molecule is Cc1ccccc1-c1csc(NC(=O)COc2cccc([N+](=O)[O-])c2)n1. The zero-order valence-corrected chi connectivity index (χ0v) is 14.7. The first-order valence-corrected chi connectivity index (χ1v) is 8.59. The average Bonchev–Trinajstić information content (AvgIpc) is 3.08. The molecule has 26 heavy (non-hydrogen) atoms. The topological polar surface area (TPSA) is 94.4 Å². The molecule has 1 aromatic heterocycles. The predicted octanol–water partition coefficient (Wildman–Crippen LogP) is 4.04. The molecule has 0 aliphatic rings. The number of hydrogen-bond acceptors (Lipinski definition) is 6. The van der Waals surface area contributed by atoms with E-state index in [0.29, 0.717) is 5.13 Å². The molecule has 0 radical (unpaired) electrons. The van der Waals surface area contributed by atoms with Crippen LogP contribution >= 0.6 is 11.3 Å². The number of anilines is 1. The molecule has 3 aromatic rings. The molecule has 1 amide bonds. The lowest BCUT2D eigenvalue weighted by molar-refractivity contribution is -0.384. The Bertz CT molecular complexity index is 955. The van der Waals surface area contributed by atoms with Gasteiger partial charge >= 0.3 is 0 Å². The molecule has 0 aliphatic carbocycles. The van der Waals surface area contributed by atoms with Gasteiger partial charge in [0, 0.05) is 17.0 Å². The minimum atomic E-state index is -0.518. The fraction of sp³-hybridized carbons (Fsp3) is 0.111. The van der Waals surface area contributed by atoms with Crippen LogP contribution in [0.3, 0.4) is 0 Å². The van der Waals surface area contributed by atoms with Crippen molar-refractivity contribution in [3.8, 4) is 17.0 Å². The van der Waals surface area contributed by atoms with Gasteiger partial charge in [-0.3, -0.25) is 20.2 Å². The second kappa shape index (κ2) is 7.75. The van der Waals surface area contributed by atoms with E-state index in [4.69, 9.17) is 4.74 Å². The first-order chi connectivity index (χ1) is 12.5. The summed E-state index contributed by atoms with van der Waals surface area (Å²) in [6, 6.07) is 13.6. The molecule has 0 bridgehead atoms. The normalized spacial score (nSPS) is 10.3. The number of nitro groups is 1. The number of thiazole rings is 1. The number of ether oxygens (including phenoxy) is 1. The predicted molar refractivity (Wildman–Crippen MR) is 99.5 cm³/mol. The summed E-state index contributed by atoms with van der Waals surface area (Å²) in [5, 5.41) is 15.8. The van der Waals surface area contributed by atoms with Gasteiger partial charge in [-0.15, -0.1) is 11.3 Å². The minimum Gasteiger partial charge on any atom is -0.484 e. The maximum absolute atomic E-state index is 12.0. The fourth-order valence-corrected chi connectivity index (χ4v) is 3.03. The quantitative estimate of drug-likeness (QED) is 0.523. The minimum absolute atomic E-state index is 0.0919. The molecular weight excluding hydrogens is 354 g/mol. The molecule has 0 unspecified atom stereocenters. The largest absolute Gasteiger partial charge is 0.484 e. The smallest absolute Gasteiger partial charge is 0.273 e. The molecule has 1 N–H and O–H groups in total. The Labute approximate surface area is 153 Å². The van der Waals surface area contributed by atoms with E-state index in [9.17, 15) is 14.9 Å². The molecule has 3 rings (SSSR count). The molecule has 2 aromatic carbocycles. The third-order valence-electron chi connectivity index (χ3n) is 3.57. The van der Waals surface area contributed by atoms with Gasteiger partial charge in [0.2, 0.25) is 0 Å². The molecule has 8 heteroatoms. The fourth-order valence-electron chi connectivity index (χ4n) is 2.31. The van der Waals surface area contributed by atoms with Crippen LogP contribution in [0.25, 0.3) is 11.3 Å². The van der Waals surface area contributed by atoms with Crippen LogP contribution in [0.4, 0.5) is 10.8 Å². The molecule has 0 fully saturated rings. The Morgan fingerprint density at radius 1 is 1.27 bits per heavy atom. The molecule has 132 valence electrons. The molecule has 0 atom stereocenters. The number of non-ortho nitro benzene ring substituents is 1. The highest BCUT2D eigenvalue weighted by Gasteiger charge is 2.11. The Morgan fingerprint density at radius 2 is 2.08 bits per heavy atom. The number of nitro benzene ring substituents is 1. The van der Waals surface area contributed by atoms with Gasteiger partial charge in [-0.1, -0.05) is 30.3 Å². The van der Waals surface area contributed by atoms with E-state index in [2.05, 4.69) is 10.3 Å². The molecule has 0 aliphatic heterocycles. The van der Waals surface area contributed by atoms with Gasteiger partial charge in [0.1, 0.15) is 5.75 Å². The van der Waals surface area contributed by atoms with Crippen LogP contribution in [-0.4, -0.2) is 22.4 Å². The summed E-state index contributed by atoms with van der Waals surface area (Å²) in [6.07, 6.45) is 0. The van der Waals surface area contributed by atoms with Crippen LogP contribution in [-0.2, 0) is 4.79 Å². The third kappa shape index (κ3) is 4.22. The van der Waals surface area contributed by atoms with Crippen molar-refractivity contribution < 1.29 is 14.5 Å². The Hall–Kier alpha value is -3.26. The van der Waals surface area contributed by atoms with Crippen LogP contribution in [0.1, 0.15) is 5.56 Å². The van der Waals surface area contributed by atoms with Gasteiger partial charge < -0.3 is 4.74 Å². The Morgan fingerprint density at radius 3 is 2.85 bits per heavy atom. The van der Waals surface area contributed by atoms with E-state index < -0.39 is 4.92 Å². The van der Waals surface area contributed by atoms with Crippen LogP contribution in [0.2, 0.25) is 0 Å². The zero-order valence-electron chi connectivity index (χ0n) is 13.8. The van der Waals surface area contributed by atoms with E-state index in [1.165, 1.54) is 29.5 Å². The van der Waals surface area contributed by atoms with Crippen molar-refractivity contribution in [1.82, 2.24) is 4.98 Å². The highest BCUT2D eigenvalue weighted by atomic mass is 32.1. The standard InChI is InChI=1S/C18H15N3O4S/c1-12-5-2-3-8-15(12)16-11-26-18(19-16)20-17(22)10-25-14-7-4-6-13(9-14)21(23)24/h2-9,11H,10H2,1H3,(H,19,20,22). The second-order valence-electron chi connectivity index (χ2n) is 5.44. The lowest BCUT2D eigenvalue weighted by atomic mass is 10.1. The van der Waals surface area contributed by atoms with Crippen LogP contribution in [0.5, 0.6) is 5.75 Å². The Balaban J connectivity index is 1.60. The van der Waals surface area contributed by atoms with Crippen LogP contribution < -0.4 is 10.1 Å². The van der Waals surface area contributed by atoms with Crippen molar-refractivity contribution in [3.63, 3.8) is 0 Å². The van der Waals surface area contributed by atoms with E-state index in [1.54, 1.807) is 6.07 Å². The molecule has 0 saturated carbocycles. The number of nitrogens with one attached hydrogen (secondary N) is 1. The lowest BCUT2D eigenvalue weighted by Gasteiger charge is -2.05. The van der Waals surface area contributed by atoms with E-state index in [-0.39, 0.29) is 24.0 Å². The van der Waals surface area contributed by atoms with E-state index >= 15 is 0 Å². The highest BCUT2D eigenvalue weighted by molar-refractivity contribution is 7.14. The van der Waals surface area contributed by atoms with Crippen molar-refractivity contribution in [1.29, 1.82) is 0 Å². The van der Waals surface area contributed by atoms with E-state index in [1.807, 2.05) is 36.6 Å². The van der Waals surface area contributed by atoms with Gasteiger partial charge in [-0.25, -0.2) is 4.98 Å². The van der Waals surface area contributed by atoms with Crippen LogP contribution in [0, 0.1) is 17.0 Å². The summed E-state index contributed by atoms with van der Waals surface area (Å²) in [4.78, 5) is 26.7. The monoisotopic (exact) mass is 369 g/mol. The van der Waals surface area contributed by atoms with E-state index in [0.717, 1.165) is 16.8 Å². The number of aryl methyl sites for hydroxylation is 1. The third-order valence-corrected chi connectivity index (χ3v) is 4.33. The van der Waals surface area contributed by atoms with Gasteiger partial charge in [-0.2, -0.15) is 0 Å². The first kappa shape index (κ1) is 17.6. The number of carbonyl (C=O) groups is 1. The number of carbonyl (C=O) groups excluding carboxylic acids is 1. The zero-order chi connectivity index (χ0) is 18.5. The number of benzene rings is 2. The van der Waals surface area contributed by atoms with Crippen LogP contribution in [0.15, 0.2) is 53.9 Å². The van der Waals surface area contributed by atoms with Crippen molar-refractivity contribution in [3.05, 3.63) is 69.6 Å². The number of hydrogen-bond donors (Lipinski definition) is 1. The summed E-state index contributed by atoms with van der Waals surface area (Å²) in [5.41, 5.74) is 2.82. The van der Waals surface area contributed by atoms with Gasteiger partial charge in [0.05, 0.1) is 16.7 Å². The molecule has 0 saturated heterocycles. The van der Waals surface area contributed by atoms with Gasteiger partial charge in [0.15, 0.2) is 11.7 Å². The average molecular weight is 369 g/mol. The number of amides is 1. The van der Waals surface area contributed by atoms with Crippen molar-refractivity contribution in [2.24, 2.45) is 0 Å². The molecule has 7 nitrogen and oxygen atoms in total. The van der Waals surface area contributed by atoms with Crippen molar-refractivity contribution in [2.45, 2.75) is 6.92 Å². The number of nitrogens with zero attached hydrogens (tertiary/aromatic N) is 2. The summed E-state index contributed by atoms with van der Waals surface area (Å²) in [5.74, 6) is -0.128. The molecule has 0 spiro atoms. The van der Waals surface area contributed by atoms with Gasteiger partial charge in [0.25, 0.3) is 11.6 Å². The molecule has 1 heterocycles. The lowest BCUT2D eigenvalue weighted by Crippen LogP contribution is -2.20. The maximum Gasteiger partial charge on any atom is 0.273 e. The summed E-state index contributed by atoms with van der Waals surface area (Å²) in [7, 11) is 0. The van der Waals surface area contributed by atoms with Crippen molar-refractivity contribution >= 4 is 28.1 Å². The number of rotatable bonds is 6. The maximum atomic E-state index is 12.0. The summed E-state index contributed by atoms with van der Waals surface area (Å²) < 4.78 is 5.30. The Kier molecular flexibility index (Phi) is 5.23. The molecular formula is C18H15N3O4S. The summed E-state index contributed by atoms with van der Waals surface area (Å²) in [6.45, 7) is 1.74. The highest BCUT2D eigenvalue weighted by Crippen LogP contribution is 2.27. The van der Waals surface area contributed by atoms with Gasteiger partial charge in [-0.05, 0) is 18.6 Å². The first-order valence-electron chi connectivity index (χ1n) is 7.71. The summed E-state index contributed by atoms with van der Waals surface area (Å²) >= 11 is 1.32. The second-order valence-corrected chi connectivity index (χ2v) is 6.30. The number of aromatic nitrogens is 1.